The Kier molecular flexibility index (Phi) is 5.74. The first-order valence-electron chi connectivity index (χ1n) is 12.0. The van der Waals surface area contributed by atoms with E-state index < -0.39 is 54.1 Å². The van der Waals surface area contributed by atoms with E-state index >= 15 is 0 Å². The Balaban J connectivity index is 1.45. The van der Waals surface area contributed by atoms with Crippen molar-refractivity contribution in [3.63, 3.8) is 0 Å². The number of nitriles is 1. The third kappa shape index (κ3) is 4.03. The minimum absolute atomic E-state index is 0.0975. The maximum Gasteiger partial charge on any atom is 0.256 e. The second-order valence-corrected chi connectivity index (χ2v) is 9.88. The van der Waals surface area contributed by atoms with E-state index in [9.17, 15) is 28.4 Å². The lowest BCUT2D eigenvalue weighted by atomic mass is 9.71. The van der Waals surface area contributed by atoms with Crippen LogP contribution in [0.25, 0.3) is 10.9 Å². The Morgan fingerprint density at radius 2 is 2.11 bits per heavy atom. The lowest BCUT2D eigenvalue weighted by Gasteiger charge is -2.53. The van der Waals surface area contributed by atoms with Crippen LogP contribution < -0.4 is 10.6 Å². The van der Waals surface area contributed by atoms with Gasteiger partial charge in [-0.25, -0.2) is 8.78 Å². The monoisotopic (exact) mass is 483 g/mol. The molecule has 0 radical (unpaired) electrons. The van der Waals surface area contributed by atoms with Crippen LogP contribution in [0.1, 0.15) is 48.2 Å². The fourth-order valence-electron chi connectivity index (χ4n) is 5.97. The van der Waals surface area contributed by atoms with Gasteiger partial charge < -0.3 is 20.5 Å². The van der Waals surface area contributed by atoms with Crippen molar-refractivity contribution in [2.45, 2.75) is 63.1 Å². The molecule has 8 nitrogen and oxygen atoms in total. The summed E-state index contributed by atoms with van der Waals surface area (Å²) in [7, 11) is 0. The summed E-state index contributed by atoms with van der Waals surface area (Å²) in [5, 5.41) is 15.7. The molecule has 3 amide bonds. The first kappa shape index (κ1) is 23.3. The number of carbonyl (C=O) groups excluding carboxylic acids is 3. The van der Waals surface area contributed by atoms with E-state index in [4.69, 9.17) is 0 Å². The molecule has 184 valence electrons. The van der Waals surface area contributed by atoms with E-state index in [0.29, 0.717) is 30.5 Å². The van der Waals surface area contributed by atoms with Gasteiger partial charge in [-0.1, -0.05) is 12.1 Å². The number of hydrogen-bond acceptors (Lipinski definition) is 4. The number of aromatic amines is 1. The van der Waals surface area contributed by atoms with Gasteiger partial charge in [0.25, 0.3) is 11.8 Å². The highest BCUT2D eigenvalue weighted by Crippen LogP contribution is 2.49. The van der Waals surface area contributed by atoms with E-state index in [0.717, 1.165) is 11.1 Å². The molecule has 3 N–H and O–H groups in total. The van der Waals surface area contributed by atoms with Crippen LogP contribution in [-0.4, -0.2) is 58.2 Å². The van der Waals surface area contributed by atoms with Crippen LogP contribution in [0.15, 0.2) is 24.3 Å². The molecule has 1 saturated carbocycles. The lowest BCUT2D eigenvalue weighted by molar-refractivity contribution is -0.179. The van der Waals surface area contributed by atoms with Crippen molar-refractivity contribution >= 4 is 28.6 Å². The molecule has 4 heterocycles. The molecule has 2 aromatic rings. The number of piperidine rings is 2. The van der Waals surface area contributed by atoms with Crippen molar-refractivity contribution in [1.82, 2.24) is 20.5 Å². The van der Waals surface area contributed by atoms with Crippen LogP contribution >= 0.6 is 0 Å². The second kappa shape index (κ2) is 8.63. The van der Waals surface area contributed by atoms with Gasteiger partial charge in [-0.05, 0) is 44.7 Å². The van der Waals surface area contributed by atoms with Gasteiger partial charge in [0, 0.05) is 36.0 Å². The van der Waals surface area contributed by atoms with Crippen LogP contribution in [0.3, 0.4) is 0 Å². The highest BCUT2D eigenvalue weighted by atomic mass is 19.3. The zero-order valence-electron chi connectivity index (χ0n) is 19.3. The van der Waals surface area contributed by atoms with Crippen molar-refractivity contribution in [2.24, 2.45) is 11.8 Å². The molecule has 3 aliphatic heterocycles. The van der Waals surface area contributed by atoms with Crippen molar-refractivity contribution in [2.75, 3.05) is 6.54 Å². The molecule has 35 heavy (non-hydrogen) atoms. The molecular formula is C25H27F2N5O3. The fraction of sp³-hybridized carbons (Fsp3) is 0.520. The van der Waals surface area contributed by atoms with Crippen LogP contribution in [0, 0.1) is 30.1 Å². The third-order valence-electron chi connectivity index (χ3n) is 7.62. The molecular weight excluding hydrogens is 456 g/mol. The number of alkyl halides is 2. The number of benzene rings is 1. The molecule has 10 heteroatoms. The van der Waals surface area contributed by atoms with E-state index in [1.807, 2.05) is 25.1 Å². The Bertz CT molecular complexity index is 1240. The van der Waals surface area contributed by atoms with Gasteiger partial charge in [0.2, 0.25) is 11.8 Å². The van der Waals surface area contributed by atoms with Gasteiger partial charge in [-0.2, -0.15) is 5.26 Å². The molecule has 1 aromatic heterocycles. The average Bonchev–Trinajstić information content (AvgIpc) is 3.40. The Morgan fingerprint density at radius 3 is 2.80 bits per heavy atom. The number of H-pyrrole nitrogens is 1. The average molecular weight is 484 g/mol. The summed E-state index contributed by atoms with van der Waals surface area (Å²) in [4.78, 5) is 43.6. The SMILES string of the molecule is Cc1cc2cccc(C(=O)N3[C@H]4CC[C@@H]([C@@H]3C(=O)N[C@H](C#N)C[C@@H]3CCNC3=O)C(F)(F)C4)c2[nH]1. The molecule has 2 bridgehead atoms. The zero-order chi connectivity index (χ0) is 24.9. The van der Waals surface area contributed by atoms with Crippen LogP contribution in [0.5, 0.6) is 0 Å². The van der Waals surface area contributed by atoms with E-state index in [-0.39, 0.29) is 18.7 Å². The van der Waals surface area contributed by atoms with E-state index in [2.05, 4.69) is 15.6 Å². The summed E-state index contributed by atoms with van der Waals surface area (Å²) in [6, 6.07) is 5.88. The number of fused-ring (bicyclic) bond motifs is 4. The molecule has 3 saturated heterocycles. The number of aryl methyl sites for hydroxylation is 1. The Labute approximate surface area is 201 Å². The molecule has 0 spiro atoms. The first-order valence-corrected chi connectivity index (χ1v) is 12.0. The van der Waals surface area contributed by atoms with E-state index in [1.54, 1.807) is 12.1 Å². The fourth-order valence-corrected chi connectivity index (χ4v) is 5.97. The number of halogens is 2. The topological polar surface area (TPSA) is 118 Å². The highest BCUT2D eigenvalue weighted by molar-refractivity contribution is 6.07. The molecule has 0 unspecified atom stereocenters. The zero-order valence-corrected chi connectivity index (χ0v) is 19.3. The maximum atomic E-state index is 15.0. The van der Waals surface area contributed by atoms with Crippen molar-refractivity contribution < 1.29 is 23.2 Å². The predicted octanol–water partition coefficient (Wildman–Crippen LogP) is 2.64. The minimum atomic E-state index is -3.09. The molecule has 6 rings (SSSR count). The number of rotatable bonds is 5. The number of para-hydroxylation sites is 1. The molecule has 5 atom stereocenters. The molecule has 4 fully saturated rings. The smallest absolute Gasteiger partial charge is 0.256 e. The quantitative estimate of drug-likeness (QED) is 0.606. The van der Waals surface area contributed by atoms with Gasteiger partial charge >= 0.3 is 0 Å². The second-order valence-electron chi connectivity index (χ2n) is 9.88. The number of amides is 3. The summed E-state index contributed by atoms with van der Waals surface area (Å²) >= 11 is 0. The first-order chi connectivity index (χ1) is 16.7. The number of aromatic nitrogens is 1. The van der Waals surface area contributed by atoms with Gasteiger partial charge in [0.1, 0.15) is 12.1 Å². The standard InChI is InChI=1S/C25H27F2N5O3/c1-13-9-14-3-2-4-18(20(14)30-13)24(35)32-17-5-6-19(25(26,27)11-17)21(32)23(34)31-16(12-28)10-15-7-8-29-22(15)33/h2-4,9,15-17,19,21,30H,5-8,10-11H2,1H3,(H,29,33)(H,31,34)/t15-,16-,17-,19-,21+/m0/s1. The molecule has 1 aliphatic carbocycles. The normalized spacial score (nSPS) is 27.9. The van der Waals surface area contributed by atoms with Gasteiger partial charge in [-0.3, -0.25) is 14.4 Å². The summed E-state index contributed by atoms with van der Waals surface area (Å²) in [6.45, 7) is 2.36. The summed E-state index contributed by atoms with van der Waals surface area (Å²) in [6.07, 6.45) is 0.660. The molecule has 1 aromatic carbocycles. The number of nitrogens with one attached hydrogen (secondary N) is 3. The predicted molar refractivity (Wildman–Crippen MR) is 122 cm³/mol. The number of hydrogen-bond donors (Lipinski definition) is 3. The third-order valence-corrected chi connectivity index (χ3v) is 7.62. The number of nitrogens with zero attached hydrogens (tertiary/aromatic N) is 2. The van der Waals surface area contributed by atoms with Crippen LogP contribution in [-0.2, 0) is 9.59 Å². The summed E-state index contributed by atoms with van der Waals surface area (Å²) in [5.41, 5.74) is 1.78. The summed E-state index contributed by atoms with van der Waals surface area (Å²) in [5.74, 6) is -6.29. The van der Waals surface area contributed by atoms with Gasteiger partial charge in [-0.15, -0.1) is 0 Å². The number of carbonyl (C=O) groups is 3. The van der Waals surface area contributed by atoms with Crippen LogP contribution in [0.4, 0.5) is 8.78 Å². The minimum Gasteiger partial charge on any atom is -0.358 e. The van der Waals surface area contributed by atoms with Crippen molar-refractivity contribution in [3.8, 4) is 6.07 Å². The Hall–Kier alpha value is -3.48. The largest absolute Gasteiger partial charge is 0.358 e. The molecule has 4 aliphatic rings. The maximum absolute atomic E-state index is 15.0. The van der Waals surface area contributed by atoms with Crippen molar-refractivity contribution in [3.05, 3.63) is 35.5 Å². The Morgan fingerprint density at radius 1 is 1.31 bits per heavy atom. The van der Waals surface area contributed by atoms with Crippen LogP contribution in [0.2, 0.25) is 0 Å². The summed E-state index contributed by atoms with van der Waals surface area (Å²) < 4.78 is 29.9. The highest BCUT2D eigenvalue weighted by Gasteiger charge is 2.60. The van der Waals surface area contributed by atoms with Crippen molar-refractivity contribution in [1.29, 1.82) is 5.26 Å². The van der Waals surface area contributed by atoms with Gasteiger partial charge in [0.05, 0.1) is 23.1 Å². The van der Waals surface area contributed by atoms with E-state index in [1.165, 1.54) is 4.90 Å². The van der Waals surface area contributed by atoms with Gasteiger partial charge in [0.15, 0.2) is 0 Å². The lowest BCUT2D eigenvalue weighted by Crippen LogP contribution is -2.68.